The van der Waals surface area contributed by atoms with E-state index in [0.717, 1.165) is 0 Å². The summed E-state index contributed by atoms with van der Waals surface area (Å²) in [6.07, 6.45) is 16.8. The van der Waals surface area contributed by atoms with Crippen LogP contribution in [0.5, 0.6) is 0 Å². The maximum atomic E-state index is 4.40. The zero-order valence-corrected chi connectivity index (χ0v) is 20.2. The van der Waals surface area contributed by atoms with Crippen LogP contribution in [0.1, 0.15) is 97.8 Å². The average Bonchev–Trinajstić information content (AvgIpc) is 2.60. The first-order valence-electron chi connectivity index (χ1n) is 10.5. The molecule has 0 unspecified atom stereocenters. The number of rotatable bonds is 19. The summed E-state index contributed by atoms with van der Waals surface area (Å²) in [5.41, 5.74) is -1.31. The van der Waals surface area contributed by atoms with E-state index in [1.54, 1.807) is 0 Å². The maximum absolute atomic E-state index is 4.40. The molecule has 4 heteroatoms. The minimum absolute atomic E-state index is 1.20. The van der Waals surface area contributed by atoms with Gasteiger partial charge in [0.2, 0.25) is 5.52 Å². The lowest BCUT2D eigenvalue weighted by molar-refractivity contribution is 0.706. The minimum atomic E-state index is -1.31. The Kier molecular flexibility index (Phi) is 20.0. The Labute approximate surface area is 166 Å². The van der Waals surface area contributed by atoms with Gasteiger partial charge < -0.3 is 0 Å². The second-order valence-electron chi connectivity index (χ2n) is 6.66. The van der Waals surface area contributed by atoms with E-state index in [9.17, 15) is 0 Å². The zero-order chi connectivity index (χ0) is 17.9. The highest BCUT2D eigenvalue weighted by atomic mass is 32.8. The molecule has 0 fully saturated rings. The molecular formula is C20H43S3Si. The summed E-state index contributed by atoms with van der Waals surface area (Å²) in [6.45, 7) is 11.3. The molecule has 0 aromatic heterocycles. The largest absolute Gasteiger partial charge is 0.237 e. The van der Waals surface area contributed by atoms with Crippen LogP contribution in [0.2, 0.25) is 6.04 Å². The van der Waals surface area contributed by atoms with Crippen molar-refractivity contribution in [1.29, 1.82) is 0 Å². The molecule has 145 valence electrons. The lowest BCUT2D eigenvalue weighted by atomic mass is 10.2. The van der Waals surface area contributed by atoms with E-state index in [4.69, 9.17) is 0 Å². The van der Waals surface area contributed by atoms with Gasteiger partial charge in [0, 0.05) is 0 Å². The molecule has 0 saturated heterocycles. The molecule has 0 aromatic carbocycles. The Morgan fingerprint density at radius 1 is 0.542 bits per heavy atom. The number of hydrogen-bond donors (Lipinski definition) is 0. The second-order valence-corrected chi connectivity index (χ2v) is 21.8. The average molecular weight is 408 g/mol. The van der Waals surface area contributed by atoms with Crippen LogP contribution in [0.3, 0.4) is 0 Å². The van der Waals surface area contributed by atoms with E-state index >= 15 is 0 Å². The van der Waals surface area contributed by atoms with Gasteiger partial charge in [-0.05, 0) is 42.6 Å². The highest BCUT2D eigenvalue weighted by molar-refractivity contribution is 8.81. The molecule has 0 N–H and O–H groups in total. The molecule has 0 saturated carbocycles. The molecule has 0 aliphatic carbocycles. The van der Waals surface area contributed by atoms with Gasteiger partial charge in [0.15, 0.2) is 0 Å². The fourth-order valence-corrected chi connectivity index (χ4v) is 18.2. The molecule has 0 spiro atoms. The summed E-state index contributed by atoms with van der Waals surface area (Å²) >= 11 is 7.05. The van der Waals surface area contributed by atoms with E-state index in [2.05, 4.69) is 61.3 Å². The van der Waals surface area contributed by atoms with Crippen molar-refractivity contribution < 1.29 is 0 Å². The Hall–Kier alpha value is 1.27. The smallest absolute Gasteiger partial charge is 0.162 e. The quantitative estimate of drug-likeness (QED) is 0.155. The van der Waals surface area contributed by atoms with Gasteiger partial charge in [-0.2, -0.15) is 33.6 Å². The Morgan fingerprint density at radius 2 is 0.875 bits per heavy atom. The molecular weight excluding hydrogens is 365 g/mol. The summed E-state index contributed by atoms with van der Waals surface area (Å²) in [4.78, 5) is 0. The lowest BCUT2D eigenvalue weighted by Gasteiger charge is -2.28. The van der Waals surface area contributed by atoms with Crippen LogP contribution in [0, 0.1) is 6.92 Å². The molecule has 0 atom stereocenters. The summed E-state index contributed by atoms with van der Waals surface area (Å²) in [6, 6.07) is 1.20. The summed E-state index contributed by atoms with van der Waals surface area (Å²) < 4.78 is 0. The standard InChI is InChI=1S/C20H43S3Si/c1-5-9-12-15-18-21-24(8-4,22-19-16-13-10-6-2)23-20-17-14-11-7-3/h4-20H2,1-3H3. The third kappa shape index (κ3) is 14.4. The molecule has 0 aromatic rings. The van der Waals surface area contributed by atoms with Gasteiger partial charge >= 0.3 is 0 Å². The van der Waals surface area contributed by atoms with Gasteiger partial charge in [-0.15, -0.1) is 0 Å². The van der Waals surface area contributed by atoms with Crippen molar-refractivity contribution >= 4 is 39.2 Å². The van der Waals surface area contributed by atoms with Gasteiger partial charge in [0.1, 0.15) is 0 Å². The summed E-state index contributed by atoms with van der Waals surface area (Å²) in [5, 5.41) is 0. The number of unbranched alkanes of at least 4 members (excludes halogenated alkanes) is 9. The van der Waals surface area contributed by atoms with Crippen molar-refractivity contribution in [3.8, 4) is 0 Å². The summed E-state index contributed by atoms with van der Waals surface area (Å²) in [7, 11) is 0. The molecule has 0 bridgehead atoms. The van der Waals surface area contributed by atoms with Crippen LogP contribution < -0.4 is 0 Å². The fraction of sp³-hybridized carbons (Fsp3) is 0.950. The van der Waals surface area contributed by atoms with Crippen molar-refractivity contribution in [2.45, 2.75) is 104 Å². The second kappa shape index (κ2) is 19.0. The highest BCUT2D eigenvalue weighted by Gasteiger charge is 2.33. The van der Waals surface area contributed by atoms with Gasteiger partial charge in [-0.25, -0.2) is 0 Å². The fourth-order valence-electron chi connectivity index (χ4n) is 2.61. The van der Waals surface area contributed by atoms with Gasteiger partial charge in [0.25, 0.3) is 0 Å². The molecule has 0 aliphatic heterocycles. The molecule has 24 heavy (non-hydrogen) atoms. The van der Waals surface area contributed by atoms with Gasteiger partial charge in [-0.1, -0.05) is 85.5 Å². The van der Waals surface area contributed by atoms with Crippen molar-refractivity contribution in [2.24, 2.45) is 0 Å². The monoisotopic (exact) mass is 407 g/mol. The van der Waals surface area contributed by atoms with Crippen LogP contribution in [0.15, 0.2) is 0 Å². The van der Waals surface area contributed by atoms with Crippen molar-refractivity contribution in [3.05, 3.63) is 6.92 Å². The van der Waals surface area contributed by atoms with E-state index in [-0.39, 0.29) is 0 Å². The molecule has 0 heterocycles. The Morgan fingerprint density at radius 3 is 1.12 bits per heavy atom. The first-order chi connectivity index (χ1) is 11.7. The van der Waals surface area contributed by atoms with Crippen molar-refractivity contribution in [2.75, 3.05) is 17.3 Å². The number of hydrogen-bond acceptors (Lipinski definition) is 3. The molecule has 0 aliphatic rings. The van der Waals surface area contributed by atoms with Crippen LogP contribution in [0.4, 0.5) is 0 Å². The van der Waals surface area contributed by atoms with Gasteiger partial charge in [-0.3, -0.25) is 0 Å². The van der Waals surface area contributed by atoms with Crippen molar-refractivity contribution in [3.63, 3.8) is 0 Å². The lowest BCUT2D eigenvalue weighted by Crippen LogP contribution is -2.23. The Balaban J connectivity index is 4.23. The van der Waals surface area contributed by atoms with E-state index in [0.29, 0.717) is 0 Å². The Bertz CT molecular complexity index is 213. The predicted octanol–water partition coefficient (Wildman–Crippen LogP) is 8.70. The topological polar surface area (TPSA) is 0 Å². The molecule has 0 nitrogen and oxygen atoms in total. The van der Waals surface area contributed by atoms with E-state index in [1.807, 2.05) is 0 Å². The maximum Gasteiger partial charge on any atom is 0.237 e. The van der Waals surface area contributed by atoms with Crippen LogP contribution in [-0.4, -0.2) is 22.8 Å². The predicted molar refractivity (Wildman–Crippen MR) is 126 cm³/mol. The van der Waals surface area contributed by atoms with Crippen LogP contribution >= 0.6 is 33.6 Å². The normalized spacial score (nSPS) is 12.0. The van der Waals surface area contributed by atoms with Gasteiger partial charge in [0.05, 0.1) is 0 Å². The first-order valence-corrected chi connectivity index (χ1v) is 17.8. The molecule has 0 rings (SSSR count). The third-order valence-electron chi connectivity index (χ3n) is 4.27. The molecule has 0 amide bonds. The van der Waals surface area contributed by atoms with E-state index < -0.39 is 5.52 Å². The SMILES string of the molecule is [CH2]C[Si](SCCCCCC)(SCCCCCC)SCCCCCC. The molecule has 1 radical (unpaired) electrons. The van der Waals surface area contributed by atoms with Crippen molar-refractivity contribution in [1.82, 2.24) is 0 Å². The minimum Gasteiger partial charge on any atom is -0.162 e. The van der Waals surface area contributed by atoms with E-state index in [1.165, 1.54) is 100 Å². The van der Waals surface area contributed by atoms with Crippen LogP contribution in [0.25, 0.3) is 0 Å². The first kappa shape index (κ1) is 25.3. The zero-order valence-electron chi connectivity index (χ0n) is 16.7. The third-order valence-corrected chi connectivity index (χ3v) is 21.7. The summed E-state index contributed by atoms with van der Waals surface area (Å²) in [5.74, 6) is 4.14. The highest BCUT2D eigenvalue weighted by Crippen LogP contribution is 2.46. The van der Waals surface area contributed by atoms with Crippen LogP contribution in [-0.2, 0) is 0 Å².